The maximum absolute atomic E-state index is 5.99. The highest BCUT2D eigenvalue weighted by Gasteiger charge is 2.26. The van der Waals surface area contributed by atoms with E-state index in [0.717, 1.165) is 25.2 Å². The summed E-state index contributed by atoms with van der Waals surface area (Å²) in [5, 5.41) is 1.39. The second kappa shape index (κ2) is 4.92. The van der Waals surface area contributed by atoms with Gasteiger partial charge in [0, 0.05) is 35.7 Å². The molecule has 0 aliphatic carbocycles. The summed E-state index contributed by atoms with van der Waals surface area (Å²) in [7, 11) is 0. The SMILES string of the molecule is CC1CN(Cc2cc(Cl)cc(Cl)c2)CC1N. The van der Waals surface area contributed by atoms with Crippen LogP contribution in [0.1, 0.15) is 12.5 Å². The van der Waals surface area contributed by atoms with Crippen LogP contribution in [0.3, 0.4) is 0 Å². The average Bonchev–Trinajstić information content (AvgIpc) is 2.43. The van der Waals surface area contributed by atoms with Gasteiger partial charge in [-0.25, -0.2) is 0 Å². The second-order valence-corrected chi connectivity index (χ2v) is 5.49. The lowest BCUT2D eigenvalue weighted by atomic mass is 10.1. The third-order valence-electron chi connectivity index (χ3n) is 3.07. The van der Waals surface area contributed by atoms with Crippen LogP contribution in [0.5, 0.6) is 0 Å². The van der Waals surface area contributed by atoms with Gasteiger partial charge in [-0.05, 0) is 29.7 Å². The lowest BCUT2D eigenvalue weighted by Crippen LogP contribution is -2.28. The van der Waals surface area contributed by atoms with Gasteiger partial charge in [-0.2, -0.15) is 0 Å². The molecule has 88 valence electrons. The molecule has 1 heterocycles. The summed E-state index contributed by atoms with van der Waals surface area (Å²) in [5.41, 5.74) is 7.14. The van der Waals surface area contributed by atoms with Crippen LogP contribution in [0.25, 0.3) is 0 Å². The number of nitrogens with two attached hydrogens (primary N) is 1. The molecule has 2 atom stereocenters. The van der Waals surface area contributed by atoms with Crippen molar-refractivity contribution < 1.29 is 0 Å². The zero-order valence-corrected chi connectivity index (χ0v) is 10.8. The summed E-state index contributed by atoms with van der Waals surface area (Å²) >= 11 is 11.9. The Balaban J connectivity index is 2.04. The van der Waals surface area contributed by atoms with Crippen molar-refractivity contribution in [2.24, 2.45) is 11.7 Å². The largest absolute Gasteiger partial charge is 0.326 e. The highest BCUT2D eigenvalue weighted by Crippen LogP contribution is 2.22. The molecule has 0 saturated carbocycles. The third-order valence-corrected chi connectivity index (χ3v) is 3.51. The predicted octanol–water partition coefficient (Wildman–Crippen LogP) is 2.77. The number of hydrogen-bond donors (Lipinski definition) is 1. The van der Waals surface area contributed by atoms with E-state index in [-0.39, 0.29) is 6.04 Å². The van der Waals surface area contributed by atoms with Crippen LogP contribution in [0, 0.1) is 5.92 Å². The summed E-state index contributed by atoms with van der Waals surface area (Å²) in [4.78, 5) is 2.34. The number of halogens is 2. The summed E-state index contributed by atoms with van der Waals surface area (Å²) in [6.45, 7) is 5.06. The van der Waals surface area contributed by atoms with Gasteiger partial charge in [0.25, 0.3) is 0 Å². The summed E-state index contributed by atoms with van der Waals surface area (Å²) in [6.07, 6.45) is 0. The molecule has 4 heteroatoms. The van der Waals surface area contributed by atoms with Crippen molar-refractivity contribution in [2.75, 3.05) is 13.1 Å². The Bertz CT molecular complexity index is 351. The van der Waals surface area contributed by atoms with Crippen LogP contribution in [0.2, 0.25) is 10.0 Å². The lowest BCUT2D eigenvalue weighted by molar-refractivity contribution is 0.319. The topological polar surface area (TPSA) is 29.3 Å². The molecule has 2 rings (SSSR count). The van der Waals surface area contributed by atoms with Crippen LogP contribution in [0.15, 0.2) is 18.2 Å². The van der Waals surface area contributed by atoms with E-state index in [1.54, 1.807) is 6.07 Å². The van der Waals surface area contributed by atoms with Crippen LogP contribution in [-0.2, 0) is 6.54 Å². The zero-order valence-electron chi connectivity index (χ0n) is 9.29. The minimum atomic E-state index is 0.287. The first-order valence-corrected chi connectivity index (χ1v) is 6.23. The fourth-order valence-electron chi connectivity index (χ4n) is 2.18. The van der Waals surface area contributed by atoms with Gasteiger partial charge in [-0.1, -0.05) is 30.1 Å². The minimum absolute atomic E-state index is 0.287. The van der Waals surface area contributed by atoms with Crippen LogP contribution in [-0.4, -0.2) is 24.0 Å². The monoisotopic (exact) mass is 258 g/mol. The van der Waals surface area contributed by atoms with E-state index in [4.69, 9.17) is 28.9 Å². The van der Waals surface area contributed by atoms with E-state index < -0.39 is 0 Å². The lowest BCUT2D eigenvalue weighted by Gasteiger charge is -2.15. The summed E-state index contributed by atoms with van der Waals surface area (Å²) in [5.74, 6) is 0.564. The maximum Gasteiger partial charge on any atom is 0.0424 e. The van der Waals surface area contributed by atoms with Crippen molar-refractivity contribution in [1.29, 1.82) is 0 Å². The maximum atomic E-state index is 5.99. The molecule has 1 aliphatic heterocycles. The fourth-order valence-corrected chi connectivity index (χ4v) is 2.76. The van der Waals surface area contributed by atoms with Gasteiger partial charge in [0.1, 0.15) is 0 Å². The standard InChI is InChI=1S/C12H16Cl2N2/c1-8-5-16(7-12(8)15)6-9-2-10(13)4-11(14)3-9/h2-4,8,12H,5-7,15H2,1H3. The molecule has 1 aromatic rings. The molecule has 1 aromatic carbocycles. The van der Waals surface area contributed by atoms with E-state index in [1.807, 2.05) is 12.1 Å². The first-order valence-electron chi connectivity index (χ1n) is 5.47. The second-order valence-electron chi connectivity index (χ2n) is 4.61. The Morgan fingerprint density at radius 2 is 1.88 bits per heavy atom. The Labute approximate surface area is 106 Å². The van der Waals surface area contributed by atoms with Crippen molar-refractivity contribution in [3.63, 3.8) is 0 Å². The summed E-state index contributed by atoms with van der Waals surface area (Å²) < 4.78 is 0. The molecule has 1 fully saturated rings. The molecular weight excluding hydrogens is 243 g/mol. The van der Waals surface area contributed by atoms with Crippen molar-refractivity contribution in [3.05, 3.63) is 33.8 Å². The molecule has 0 amide bonds. The van der Waals surface area contributed by atoms with Crippen molar-refractivity contribution in [2.45, 2.75) is 19.5 Å². The normalized spacial score (nSPS) is 26.2. The molecule has 0 aromatic heterocycles. The van der Waals surface area contributed by atoms with Crippen molar-refractivity contribution >= 4 is 23.2 Å². The Morgan fingerprint density at radius 3 is 2.38 bits per heavy atom. The summed E-state index contributed by atoms with van der Waals surface area (Å²) in [6, 6.07) is 5.96. The number of hydrogen-bond acceptors (Lipinski definition) is 2. The zero-order chi connectivity index (χ0) is 11.7. The highest BCUT2D eigenvalue weighted by atomic mass is 35.5. The van der Waals surface area contributed by atoms with Crippen LogP contribution in [0.4, 0.5) is 0 Å². The quantitative estimate of drug-likeness (QED) is 0.884. The molecular formula is C12H16Cl2N2. The molecule has 1 saturated heterocycles. The molecule has 2 N–H and O–H groups in total. The van der Waals surface area contributed by atoms with E-state index in [0.29, 0.717) is 16.0 Å². The number of rotatable bonds is 2. The third kappa shape index (κ3) is 2.89. The highest BCUT2D eigenvalue weighted by molar-refractivity contribution is 6.34. The average molecular weight is 259 g/mol. The molecule has 1 aliphatic rings. The number of benzene rings is 1. The first-order chi connectivity index (χ1) is 7.54. The molecule has 0 spiro atoms. The molecule has 0 bridgehead atoms. The Kier molecular flexibility index (Phi) is 3.75. The van der Waals surface area contributed by atoms with Crippen LogP contribution < -0.4 is 5.73 Å². The van der Waals surface area contributed by atoms with Gasteiger partial charge in [-0.3, -0.25) is 4.90 Å². The van der Waals surface area contributed by atoms with E-state index in [1.165, 1.54) is 0 Å². The Morgan fingerprint density at radius 1 is 1.25 bits per heavy atom. The smallest absolute Gasteiger partial charge is 0.0424 e. The molecule has 16 heavy (non-hydrogen) atoms. The number of nitrogens with zero attached hydrogens (tertiary/aromatic N) is 1. The fraction of sp³-hybridized carbons (Fsp3) is 0.500. The molecule has 2 unspecified atom stereocenters. The Hall–Kier alpha value is -0.280. The minimum Gasteiger partial charge on any atom is -0.326 e. The predicted molar refractivity (Wildman–Crippen MR) is 68.9 cm³/mol. The van der Waals surface area contributed by atoms with E-state index >= 15 is 0 Å². The van der Waals surface area contributed by atoms with Gasteiger partial charge in [0.05, 0.1) is 0 Å². The van der Waals surface area contributed by atoms with E-state index in [2.05, 4.69) is 11.8 Å². The van der Waals surface area contributed by atoms with Gasteiger partial charge >= 0.3 is 0 Å². The van der Waals surface area contributed by atoms with Gasteiger partial charge in [0.15, 0.2) is 0 Å². The van der Waals surface area contributed by atoms with E-state index in [9.17, 15) is 0 Å². The molecule has 0 radical (unpaired) electrons. The first kappa shape index (κ1) is 12.2. The molecule has 2 nitrogen and oxygen atoms in total. The van der Waals surface area contributed by atoms with Gasteiger partial charge in [0.2, 0.25) is 0 Å². The number of likely N-dealkylation sites (tertiary alicyclic amines) is 1. The van der Waals surface area contributed by atoms with Crippen LogP contribution >= 0.6 is 23.2 Å². The van der Waals surface area contributed by atoms with Gasteiger partial charge < -0.3 is 5.73 Å². The van der Waals surface area contributed by atoms with Crippen molar-refractivity contribution in [3.8, 4) is 0 Å². The van der Waals surface area contributed by atoms with Crippen molar-refractivity contribution in [1.82, 2.24) is 4.90 Å². The van der Waals surface area contributed by atoms with Gasteiger partial charge in [-0.15, -0.1) is 0 Å².